The molecule has 0 spiro atoms. The quantitative estimate of drug-likeness (QED) is 0.362. The third-order valence-corrected chi connectivity index (χ3v) is 4.99. The predicted molar refractivity (Wildman–Crippen MR) is 131 cm³/mol. The van der Waals surface area contributed by atoms with Crippen molar-refractivity contribution < 1.29 is 13.9 Å². The van der Waals surface area contributed by atoms with Gasteiger partial charge in [-0.1, -0.05) is 18.7 Å². The second-order valence-corrected chi connectivity index (χ2v) is 7.84. The van der Waals surface area contributed by atoms with Crippen LogP contribution in [-0.4, -0.2) is 52.4 Å². The van der Waals surface area contributed by atoms with E-state index >= 15 is 0 Å². The number of nitrogens with zero attached hydrogens (tertiary/aromatic N) is 4. The first-order valence-electron chi connectivity index (χ1n) is 10.6. The number of ether oxygens (including phenoxy) is 1. The molecule has 0 aliphatic rings. The molecule has 0 saturated heterocycles. The molecule has 4 rings (SSSR count). The number of carbonyl (C=O) groups excluding carboxylic acids is 1. The molecule has 2 aromatic carbocycles. The van der Waals surface area contributed by atoms with E-state index in [1.165, 1.54) is 18.2 Å². The number of aromatic nitrogens is 3. The summed E-state index contributed by atoms with van der Waals surface area (Å²) in [5, 5.41) is 6.01. The minimum atomic E-state index is -0.340. The Morgan fingerprint density at radius 2 is 2.03 bits per heavy atom. The third-order valence-electron chi connectivity index (χ3n) is 4.99. The maximum Gasteiger partial charge on any atom is 0.247 e. The lowest BCUT2D eigenvalue weighted by Gasteiger charge is -2.16. The molecule has 4 aromatic rings. The van der Waals surface area contributed by atoms with Gasteiger partial charge in [0.05, 0.1) is 29.8 Å². The molecule has 0 saturated carbocycles. The van der Waals surface area contributed by atoms with Gasteiger partial charge in [0.15, 0.2) is 0 Å². The van der Waals surface area contributed by atoms with Crippen LogP contribution >= 0.6 is 0 Å². The number of benzene rings is 2. The van der Waals surface area contributed by atoms with Gasteiger partial charge in [0.1, 0.15) is 29.8 Å². The molecule has 2 aromatic heterocycles. The van der Waals surface area contributed by atoms with Crippen molar-refractivity contribution >= 4 is 28.6 Å². The van der Waals surface area contributed by atoms with Gasteiger partial charge in [-0.3, -0.25) is 9.20 Å². The molecule has 2 N–H and O–H groups in total. The minimum Gasteiger partial charge on any atom is -0.490 e. The van der Waals surface area contributed by atoms with Crippen molar-refractivity contribution in [2.75, 3.05) is 37.9 Å². The molecule has 0 radical (unpaired) electrons. The Labute approximate surface area is 196 Å². The number of hydrogen-bond donors (Lipinski definition) is 2. The summed E-state index contributed by atoms with van der Waals surface area (Å²) in [5.41, 5.74) is 2.63. The maximum atomic E-state index is 13.7. The summed E-state index contributed by atoms with van der Waals surface area (Å²) in [6, 6.07) is 11.7. The van der Waals surface area contributed by atoms with Gasteiger partial charge in [0.25, 0.3) is 0 Å². The number of amides is 1. The fraction of sp³-hybridized carbons (Fsp3) is 0.160. The summed E-state index contributed by atoms with van der Waals surface area (Å²) < 4.78 is 21.4. The summed E-state index contributed by atoms with van der Waals surface area (Å²) in [6.45, 7) is 4.71. The molecule has 9 heteroatoms. The van der Waals surface area contributed by atoms with Crippen LogP contribution in [0, 0.1) is 5.82 Å². The van der Waals surface area contributed by atoms with Crippen LogP contribution < -0.4 is 15.4 Å². The average molecular weight is 461 g/mol. The highest BCUT2D eigenvalue weighted by Crippen LogP contribution is 2.30. The molecule has 2 heterocycles. The van der Waals surface area contributed by atoms with Crippen molar-refractivity contribution in [3.8, 4) is 17.1 Å². The summed E-state index contributed by atoms with van der Waals surface area (Å²) in [4.78, 5) is 22.8. The van der Waals surface area contributed by atoms with Crippen LogP contribution in [0.2, 0.25) is 0 Å². The molecule has 34 heavy (non-hydrogen) atoms. The first-order chi connectivity index (χ1) is 16.4. The Morgan fingerprint density at radius 3 is 2.79 bits per heavy atom. The molecule has 8 nitrogen and oxygen atoms in total. The van der Waals surface area contributed by atoms with Crippen molar-refractivity contribution in [3.05, 3.63) is 79.5 Å². The normalized spacial score (nSPS) is 10.9. The lowest BCUT2D eigenvalue weighted by Crippen LogP contribution is -2.20. The number of nitrogens with one attached hydrogen (secondary N) is 2. The first-order valence-corrected chi connectivity index (χ1v) is 10.6. The van der Waals surface area contributed by atoms with Crippen molar-refractivity contribution in [2.45, 2.75) is 0 Å². The van der Waals surface area contributed by atoms with E-state index in [-0.39, 0.29) is 11.7 Å². The van der Waals surface area contributed by atoms with Gasteiger partial charge in [0.2, 0.25) is 5.91 Å². The van der Waals surface area contributed by atoms with E-state index in [0.717, 1.165) is 12.1 Å². The van der Waals surface area contributed by atoms with E-state index in [1.807, 2.05) is 29.5 Å². The van der Waals surface area contributed by atoms with E-state index in [2.05, 4.69) is 27.2 Å². The maximum absolute atomic E-state index is 13.7. The van der Waals surface area contributed by atoms with Gasteiger partial charge in [0, 0.05) is 17.8 Å². The zero-order valence-electron chi connectivity index (χ0n) is 19.0. The highest BCUT2D eigenvalue weighted by Gasteiger charge is 2.11. The zero-order valence-corrected chi connectivity index (χ0v) is 19.0. The van der Waals surface area contributed by atoms with E-state index < -0.39 is 0 Å². The van der Waals surface area contributed by atoms with Crippen LogP contribution in [-0.2, 0) is 4.79 Å². The Morgan fingerprint density at radius 1 is 1.21 bits per heavy atom. The molecule has 0 aliphatic heterocycles. The van der Waals surface area contributed by atoms with E-state index in [1.54, 1.807) is 42.9 Å². The molecule has 1 amide bonds. The summed E-state index contributed by atoms with van der Waals surface area (Å²) in [6.07, 6.45) is 6.34. The van der Waals surface area contributed by atoms with Gasteiger partial charge in [-0.15, -0.1) is 0 Å². The predicted octanol–water partition coefficient (Wildman–Crippen LogP) is 4.34. The number of anilines is 3. The monoisotopic (exact) mass is 460 g/mol. The van der Waals surface area contributed by atoms with Crippen LogP contribution in [0.3, 0.4) is 0 Å². The number of halogens is 1. The topological polar surface area (TPSA) is 83.8 Å². The van der Waals surface area contributed by atoms with Gasteiger partial charge in [-0.25, -0.2) is 14.4 Å². The highest BCUT2D eigenvalue weighted by molar-refractivity contribution is 6.00. The largest absolute Gasteiger partial charge is 0.490 e. The molecule has 0 aliphatic carbocycles. The second kappa shape index (κ2) is 10.1. The lowest BCUT2D eigenvalue weighted by atomic mass is 10.2. The third kappa shape index (κ3) is 5.38. The van der Waals surface area contributed by atoms with Crippen molar-refractivity contribution in [3.63, 3.8) is 0 Å². The number of carbonyl (C=O) groups is 1. The van der Waals surface area contributed by atoms with Gasteiger partial charge in [-0.05, 0) is 50.5 Å². The van der Waals surface area contributed by atoms with E-state index in [0.29, 0.717) is 40.9 Å². The van der Waals surface area contributed by atoms with Crippen molar-refractivity contribution in [2.24, 2.45) is 0 Å². The molecule has 0 bridgehead atoms. The minimum absolute atomic E-state index is 0.330. The standard InChI is InChI=1S/C25H25FN6O2/c1-4-24(33)30-21-13-19(8-9-22(21)34-11-10-31(2)3)29-23-16-32-20(14-27-23)15-28-25(32)17-6-5-7-18(26)12-17/h4-9,12-16,29H,1,10-11H2,2-3H3,(H,30,33). The Balaban J connectivity index is 1.61. The van der Waals surface area contributed by atoms with E-state index in [9.17, 15) is 9.18 Å². The summed E-state index contributed by atoms with van der Waals surface area (Å²) in [7, 11) is 3.92. The molecular weight excluding hydrogens is 435 g/mol. The van der Waals surface area contributed by atoms with Gasteiger partial charge in [-0.2, -0.15) is 0 Å². The second-order valence-electron chi connectivity index (χ2n) is 7.84. The van der Waals surface area contributed by atoms with Gasteiger partial charge < -0.3 is 20.3 Å². The molecule has 174 valence electrons. The first kappa shape index (κ1) is 22.9. The Hall–Kier alpha value is -4.24. The highest BCUT2D eigenvalue weighted by atomic mass is 19.1. The molecule has 0 unspecified atom stereocenters. The molecular formula is C25H25FN6O2. The van der Waals surface area contributed by atoms with Crippen LogP contribution in [0.4, 0.5) is 21.6 Å². The summed E-state index contributed by atoms with van der Waals surface area (Å²) >= 11 is 0. The van der Waals surface area contributed by atoms with Gasteiger partial charge >= 0.3 is 0 Å². The zero-order chi connectivity index (χ0) is 24.1. The number of hydrogen-bond acceptors (Lipinski definition) is 6. The van der Waals surface area contributed by atoms with Crippen LogP contribution in [0.15, 0.2) is 73.7 Å². The summed E-state index contributed by atoms with van der Waals surface area (Å²) in [5.74, 6) is 1.03. The van der Waals surface area contributed by atoms with E-state index in [4.69, 9.17) is 4.74 Å². The lowest BCUT2D eigenvalue weighted by molar-refractivity contribution is -0.111. The van der Waals surface area contributed by atoms with Crippen molar-refractivity contribution in [1.29, 1.82) is 0 Å². The van der Waals surface area contributed by atoms with Crippen LogP contribution in [0.5, 0.6) is 5.75 Å². The smallest absolute Gasteiger partial charge is 0.247 e. The fourth-order valence-electron chi connectivity index (χ4n) is 3.30. The number of rotatable bonds is 9. The average Bonchev–Trinajstić information content (AvgIpc) is 3.23. The Kier molecular flexibility index (Phi) is 6.84. The molecule has 0 fully saturated rings. The molecule has 0 atom stereocenters. The number of likely N-dealkylation sites (N-methyl/N-ethyl adjacent to an activating group) is 1. The fourth-order valence-corrected chi connectivity index (χ4v) is 3.30. The number of fused-ring (bicyclic) bond motifs is 1. The SMILES string of the molecule is C=CC(=O)Nc1cc(Nc2cn3c(-c4cccc(F)c4)ncc3cn2)ccc1OCCN(C)C. The van der Waals surface area contributed by atoms with Crippen molar-refractivity contribution in [1.82, 2.24) is 19.3 Å². The van der Waals surface area contributed by atoms with Crippen LogP contribution in [0.25, 0.3) is 16.9 Å². The Bertz CT molecular complexity index is 1330. The van der Waals surface area contributed by atoms with Crippen LogP contribution in [0.1, 0.15) is 0 Å². The number of imidazole rings is 1.